The van der Waals surface area contributed by atoms with E-state index in [1.54, 1.807) is 4.90 Å². The molecule has 2 saturated heterocycles. The number of Topliss-reactive ketones (excluding diaryl/α,β-unsaturated/α-hetero) is 2. The van der Waals surface area contributed by atoms with Gasteiger partial charge in [-0.2, -0.15) is 0 Å². The number of aliphatic hydroxyl groups excluding tert-OH is 1. The number of non-ortho nitro benzene ring substituents is 3. The molecule has 2 amide bonds. The molecule has 1 unspecified atom stereocenters. The summed E-state index contributed by atoms with van der Waals surface area (Å²) in [6.07, 6.45) is 5.07. The number of hydrogen-bond donors (Lipinski definition) is 2. The first kappa shape index (κ1) is 48.5. The maximum Gasteiger partial charge on any atom is 0.377 e. The second-order valence-corrected chi connectivity index (χ2v) is 14.2. The molecule has 21 nitrogen and oxygen atoms in total. The Morgan fingerprint density at radius 1 is 0.607 bits per heavy atom. The first-order valence-electron chi connectivity index (χ1n) is 19.1. The van der Waals surface area contributed by atoms with Gasteiger partial charge in [-0.15, -0.1) is 0 Å². The van der Waals surface area contributed by atoms with Gasteiger partial charge >= 0.3 is 5.97 Å². The number of ketones is 2. The van der Waals surface area contributed by atoms with Crippen LogP contribution in [0, 0.1) is 30.3 Å². The number of likely N-dealkylation sites (N-methyl/N-ethyl adjacent to an activating group) is 2. The zero-order valence-electron chi connectivity index (χ0n) is 34.0. The molecule has 0 aliphatic carbocycles. The Labute approximate surface area is 350 Å². The molecule has 326 valence electrons. The minimum absolute atomic E-state index is 0.0620. The average molecular weight is 850 g/mol. The molecular weight excluding hydrogens is 800 g/mol. The second-order valence-electron chi connectivity index (χ2n) is 14.2. The number of hydrogen-bond acceptors (Lipinski definition) is 14. The number of carbonyl (C=O) groups is 5. The summed E-state index contributed by atoms with van der Waals surface area (Å²) in [6.45, 7) is 6.50. The highest BCUT2D eigenvalue weighted by atomic mass is 16.6. The van der Waals surface area contributed by atoms with Crippen molar-refractivity contribution in [1.82, 2.24) is 19.6 Å². The topological polar surface area (TPSA) is 271 Å². The van der Waals surface area contributed by atoms with Gasteiger partial charge in [0.2, 0.25) is 5.78 Å². The van der Waals surface area contributed by atoms with Crippen LogP contribution in [0.5, 0.6) is 0 Å². The van der Waals surface area contributed by atoms with Crippen molar-refractivity contribution in [2.75, 3.05) is 80.0 Å². The first-order valence-corrected chi connectivity index (χ1v) is 19.1. The van der Waals surface area contributed by atoms with E-state index < -0.39 is 44.3 Å². The predicted molar refractivity (Wildman–Crippen MR) is 220 cm³/mol. The van der Waals surface area contributed by atoms with Crippen LogP contribution in [-0.4, -0.2) is 165 Å². The van der Waals surface area contributed by atoms with Gasteiger partial charge in [-0.3, -0.25) is 49.5 Å². The normalized spacial score (nSPS) is 15.7. The van der Waals surface area contributed by atoms with Crippen LogP contribution in [0.1, 0.15) is 51.6 Å². The van der Waals surface area contributed by atoms with Crippen molar-refractivity contribution >= 4 is 52.6 Å². The summed E-state index contributed by atoms with van der Waals surface area (Å²) in [7, 11) is 6.08. The monoisotopic (exact) mass is 849 g/mol. The van der Waals surface area contributed by atoms with Gasteiger partial charge in [-0.1, -0.05) is 0 Å². The molecule has 0 radical (unpaired) electrons. The first-order chi connectivity index (χ1) is 28.9. The molecule has 0 spiro atoms. The zero-order chi connectivity index (χ0) is 45.2. The summed E-state index contributed by atoms with van der Waals surface area (Å²) in [5, 5.41) is 49.7. The van der Waals surface area contributed by atoms with Crippen LogP contribution in [-0.2, 0) is 14.4 Å². The number of aliphatic hydroxyl groups is 1. The van der Waals surface area contributed by atoms with Crippen molar-refractivity contribution < 1.29 is 53.5 Å². The number of nitro groups is 3. The number of carboxylic acids is 1. The Bertz CT molecular complexity index is 2060. The Balaban J connectivity index is 0.000000229. The molecular formula is C40H49N8O13+. The maximum atomic E-state index is 12.1. The van der Waals surface area contributed by atoms with E-state index >= 15 is 0 Å². The molecule has 6 rings (SSSR count). The van der Waals surface area contributed by atoms with Gasteiger partial charge < -0.3 is 29.8 Å². The summed E-state index contributed by atoms with van der Waals surface area (Å²) in [5.41, 5.74) is 0.121. The quantitative estimate of drug-likeness (QED) is 0.103. The summed E-state index contributed by atoms with van der Waals surface area (Å²) < 4.78 is 2.27. The lowest BCUT2D eigenvalue weighted by Crippen LogP contribution is -2.49. The summed E-state index contributed by atoms with van der Waals surface area (Å²) in [6, 6.07) is 14.9. The number of aliphatic carboxylic acids is 1. The molecule has 61 heavy (non-hydrogen) atoms. The van der Waals surface area contributed by atoms with Crippen LogP contribution in [0.3, 0.4) is 0 Å². The maximum absolute atomic E-state index is 12.1. The number of rotatable bonds is 9. The minimum atomic E-state index is -1.58. The summed E-state index contributed by atoms with van der Waals surface area (Å²) >= 11 is 0. The average Bonchev–Trinajstić information content (AvgIpc) is 3.26. The molecule has 21 heteroatoms. The largest absolute Gasteiger partial charge is 0.475 e. The lowest BCUT2D eigenvalue weighted by molar-refractivity contribution is -0.497. The van der Waals surface area contributed by atoms with Crippen LogP contribution in [0.4, 0.5) is 17.1 Å². The highest BCUT2D eigenvalue weighted by molar-refractivity contribution is 6.42. The second kappa shape index (κ2) is 23.7. The third-order valence-corrected chi connectivity index (χ3v) is 9.73. The Hall–Kier alpha value is -6.84. The van der Waals surface area contributed by atoms with Gasteiger partial charge in [0.05, 0.1) is 14.8 Å². The van der Waals surface area contributed by atoms with Crippen LogP contribution in [0.15, 0.2) is 72.8 Å². The van der Waals surface area contributed by atoms with Crippen LogP contribution < -0.4 is 0 Å². The lowest BCUT2D eigenvalue weighted by Gasteiger charge is -2.33. The molecule has 0 bridgehead atoms. The van der Waals surface area contributed by atoms with Crippen molar-refractivity contribution in [3.05, 3.63) is 120 Å². The molecule has 2 N–H and O–H groups in total. The zero-order valence-corrected chi connectivity index (χ0v) is 34.0. The number of nitrogens with zero attached hydrogens (tertiary/aromatic N) is 8. The van der Waals surface area contributed by atoms with Crippen LogP contribution >= 0.6 is 0 Å². The third-order valence-electron chi connectivity index (χ3n) is 9.73. The van der Waals surface area contributed by atoms with Gasteiger partial charge in [0.15, 0.2) is 6.10 Å². The third kappa shape index (κ3) is 15.4. The van der Waals surface area contributed by atoms with Crippen molar-refractivity contribution in [3.63, 3.8) is 0 Å². The highest BCUT2D eigenvalue weighted by Gasteiger charge is 2.28. The predicted octanol–water partition coefficient (Wildman–Crippen LogP) is 2.70. The SMILES string of the molecule is CN1CCN(C(=O)C(=O)c2ccc([N+](=O)[O-])cc2)CC1.CN1CCN(C(=O)C(O)c2ccc([N+](=O)[O-])cc2)CC1.C[N+]1=CCCCC1.O=C(O)C(=O)c1ccc([N+](=O)[O-])cc1. The number of benzene rings is 3. The number of carbonyl (C=O) groups excluding carboxylic acids is 4. The molecule has 0 saturated carbocycles. The number of nitro benzene ring substituents is 3. The van der Waals surface area contributed by atoms with Gasteiger partial charge in [0.1, 0.15) is 19.8 Å². The number of piperazine rings is 2. The van der Waals surface area contributed by atoms with E-state index in [4.69, 9.17) is 5.11 Å². The lowest BCUT2D eigenvalue weighted by atomic mass is 10.1. The van der Waals surface area contributed by atoms with E-state index in [0.29, 0.717) is 31.7 Å². The van der Waals surface area contributed by atoms with E-state index in [1.807, 2.05) is 14.1 Å². The minimum Gasteiger partial charge on any atom is -0.475 e. The molecule has 3 aromatic carbocycles. The Morgan fingerprint density at radius 2 is 1.00 bits per heavy atom. The molecule has 3 aliphatic heterocycles. The van der Waals surface area contributed by atoms with E-state index in [9.17, 15) is 59.4 Å². The van der Waals surface area contributed by atoms with E-state index in [-0.39, 0.29) is 34.1 Å². The highest BCUT2D eigenvalue weighted by Crippen LogP contribution is 2.20. The molecule has 0 aromatic heterocycles. The summed E-state index contributed by atoms with van der Waals surface area (Å²) in [5.74, 6) is -4.19. The Morgan fingerprint density at radius 3 is 1.34 bits per heavy atom. The van der Waals surface area contributed by atoms with Crippen molar-refractivity contribution in [3.8, 4) is 0 Å². The van der Waals surface area contributed by atoms with Gasteiger partial charge in [0, 0.05) is 113 Å². The standard InChI is InChI=1S/C13H17N3O4.C13H15N3O4.C8H5NO5.C6H12N/c2*1-14-6-8-15(9-7-14)13(18)12(17)10-2-4-11(5-3-10)16(19)20;10-7(8(11)12)5-1-3-6(4-2-5)9(13)14;1-7-5-3-2-4-6-7/h2-5,12,17H,6-9H2,1H3;2-5H,6-9H2,1H3;1-4H,(H,11,12);5H,2-4,6H2,1H3/q;;;+1. The molecule has 3 heterocycles. The Kier molecular flexibility index (Phi) is 18.8. The molecule has 1 atom stereocenters. The number of carboxylic acid groups (broad SMARTS) is 1. The van der Waals surface area contributed by atoms with Gasteiger partial charge in [-0.05, 0) is 62.5 Å². The fourth-order valence-electron chi connectivity index (χ4n) is 5.90. The van der Waals surface area contributed by atoms with E-state index in [1.165, 1.54) is 79.2 Å². The summed E-state index contributed by atoms with van der Waals surface area (Å²) in [4.78, 5) is 94.3. The van der Waals surface area contributed by atoms with Crippen molar-refractivity contribution in [1.29, 1.82) is 0 Å². The fraction of sp³-hybridized carbons (Fsp3) is 0.400. The molecule has 2 fully saturated rings. The smallest absolute Gasteiger partial charge is 0.377 e. The van der Waals surface area contributed by atoms with E-state index in [2.05, 4.69) is 27.6 Å². The molecule has 3 aromatic rings. The number of amides is 2. The molecule has 3 aliphatic rings. The van der Waals surface area contributed by atoms with Crippen molar-refractivity contribution in [2.45, 2.75) is 25.4 Å². The van der Waals surface area contributed by atoms with Gasteiger partial charge in [-0.25, -0.2) is 9.37 Å². The van der Waals surface area contributed by atoms with Crippen LogP contribution in [0.25, 0.3) is 0 Å². The van der Waals surface area contributed by atoms with Gasteiger partial charge in [0.25, 0.3) is 34.7 Å². The van der Waals surface area contributed by atoms with E-state index in [0.717, 1.165) is 50.4 Å². The van der Waals surface area contributed by atoms with Crippen LogP contribution in [0.2, 0.25) is 0 Å². The fourth-order valence-corrected chi connectivity index (χ4v) is 5.90. The van der Waals surface area contributed by atoms with Crippen molar-refractivity contribution in [2.24, 2.45) is 0 Å².